The van der Waals surface area contributed by atoms with E-state index in [1.54, 1.807) is 6.92 Å². The van der Waals surface area contributed by atoms with Gasteiger partial charge in [-0.15, -0.1) is 0 Å². The highest BCUT2D eigenvalue weighted by atomic mass is 16.6. The molecule has 1 saturated carbocycles. The van der Waals surface area contributed by atoms with E-state index in [4.69, 9.17) is 9.47 Å². The minimum Gasteiger partial charge on any atom is -0.461 e. The lowest BCUT2D eigenvalue weighted by atomic mass is 10.0. The standard InChI is InChI=1S/C30H40N2O5/c1-22(2)18-19-28(33)32(23(3)31-30(35)36-21-25-14-8-5-9-15-25)27(20-24-12-6-4-7-13-24)29(34)37-26-16-10-11-17-26/h4-9,12-15,22-23,26-27H,10-11,16-21H2,1-3H3,(H,31,35)/t23-,27+/m1/s1. The molecule has 1 fully saturated rings. The molecule has 0 heterocycles. The predicted octanol–water partition coefficient (Wildman–Crippen LogP) is 5.62. The van der Waals surface area contributed by atoms with Crippen LogP contribution < -0.4 is 5.32 Å². The maximum atomic E-state index is 13.5. The van der Waals surface area contributed by atoms with E-state index >= 15 is 0 Å². The Morgan fingerprint density at radius 1 is 0.919 bits per heavy atom. The van der Waals surface area contributed by atoms with Gasteiger partial charge in [-0.1, -0.05) is 74.5 Å². The molecule has 2 atom stereocenters. The number of ether oxygens (including phenoxy) is 2. The summed E-state index contributed by atoms with van der Waals surface area (Å²) in [6.07, 6.45) is 3.43. The van der Waals surface area contributed by atoms with Crippen LogP contribution in [0.4, 0.5) is 4.79 Å². The molecule has 200 valence electrons. The highest BCUT2D eigenvalue weighted by Crippen LogP contribution is 2.24. The molecule has 2 amide bonds. The Hall–Kier alpha value is -3.35. The molecule has 0 aliphatic heterocycles. The third-order valence-corrected chi connectivity index (χ3v) is 6.65. The van der Waals surface area contributed by atoms with E-state index in [0.717, 1.165) is 36.8 Å². The van der Waals surface area contributed by atoms with E-state index in [1.165, 1.54) is 4.90 Å². The molecule has 1 aliphatic carbocycles. The van der Waals surface area contributed by atoms with Crippen molar-refractivity contribution < 1.29 is 23.9 Å². The predicted molar refractivity (Wildman–Crippen MR) is 142 cm³/mol. The van der Waals surface area contributed by atoms with Crippen LogP contribution in [0.5, 0.6) is 0 Å². The number of nitrogens with zero attached hydrogens (tertiary/aromatic N) is 1. The van der Waals surface area contributed by atoms with E-state index in [0.29, 0.717) is 18.8 Å². The number of rotatable bonds is 12. The van der Waals surface area contributed by atoms with Gasteiger partial charge < -0.3 is 19.7 Å². The molecule has 0 unspecified atom stereocenters. The van der Waals surface area contributed by atoms with Crippen LogP contribution in [-0.4, -0.2) is 41.2 Å². The van der Waals surface area contributed by atoms with Crippen LogP contribution in [0.3, 0.4) is 0 Å². The second-order valence-corrected chi connectivity index (χ2v) is 10.2. The summed E-state index contributed by atoms with van der Waals surface area (Å²) < 4.78 is 11.3. The molecule has 7 nitrogen and oxygen atoms in total. The topological polar surface area (TPSA) is 84.9 Å². The van der Waals surface area contributed by atoms with Gasteiger partial charge in [0.25, 0.3) is 0 Å². The largest absolute Gasteiger partial charge is 0.461 e. The fraction of sp³-hybridized carbons (Fsp3) is 0.500. The van der Waals surface area contributed by atoms with Crippen LogP contribution in [0.2, 0.25) is 0 Å². The van der Waals surface area contributed by atoms with Crippen molar-refractivity contribution in [1.29, 1.82) is 0 Å². The van der Waals surface area contributed by atoms with E-state index in [2.05, 4.69) is 19.2 Å². The summed E-state index contributed by atoms with van der Waals surface area (Å²) in [6, 6.07) is 18.1. The highest BCUT2D eigenvalue weighted by molar-refractivity contribution is 5.85. The van der Waals surface area contributed by atoms with Gasteiger partial charge in [-0.3, -0.25) is 4.79 Å². The molecular formula is C30H40N2O5. The summed E-state index contributed by atoms with van der Waals surface area (Å²) in [4.78, 5) is 41.2. The molecule has 1 N–H and O–H groups in total. The van der Waals surface area contributed by atoms with Gasteiger partial charge >= 0.3 is 12.1 Å². The molecule has 0 bridgehead atoms. The quantitative estimate of drug-likeness (QED) is 0.297. The van der Waals surface area contributed by atoms with Crippen LogP contribution >= 0.6 is 0 Å². The molecule has 37 heavy (non-hydrogen) atoms. The van der Waals surface area contributed by atoms with Crippen molar-refractivity contribution in [2.45, 2.75) is 90.6 Å². The molecule has 1 aliphatic rings. The molecule has 7 heteroatoms. The lowest BCUT2D eigenvalue weighted by Crippen LogP contribution is -2.57. The smallest absolute Gasteiger partial charge is 0.409 e. The average Bonchev–Trinajstić information content (AvgIpc) is 3.40. The van der Waals surface area contributed by atoms with Gasteiger partial charge in [0.05, 0.1) is 0 Å². The van der Waals surface area contributed by atoms with Gasteiger partial charge in [0.15, 0.2) is 0 Å². The summed E-state index contributed by atoms with van der Waals surface area (Å²) in [5.41, 5.74) is 1.77. The first kappa shape index (κ1) is 28.2. The Labute approximate surface area is 220 Å². The number of nitrogens with one attached hydrogen (secondary N) is 1. The van der Waals surface area contributed by atoms with Gasteiger partial charge in [0, 0.05) is 12.8 Å². The lowest BCUT2D eigenvalue weighted by Gasteiger charge is -2.36. The van der Waals surface area contributed by atoms with Crippen molar-refractivity contribution in [2.24, 2.45) is 5.92 Å². The Bertz CT molecular complexity index is 990. The summed E-state index contributed by atoms with van der Waals surface area (Å²) >= 11 is 0. The highest BCUT2D eigenvalue weighted by Gasteiger charge is 2.36. The first-order chi connectivity index (χ1) is 17.8. The van der Waals surface area contributed by atoms with Gasteiger partial charge in [0.1, 0.15) is 24.9 Å². The molecule has 0 spiro atoms. The van der Waals surface area contributed by atoms with Gasteiger partial charge in [-0.25, -0.2) is 9.59 Å². The summed E-state index contributed by atoms with van der Waals surface area (Å²) in [5, 5.41) is 2.77. The first-order valence-electron chi connectivity index (χ1n) is 13.4. The Balaban J connectivity index is 1.80. The van der Waals surface area contributed by atoms with Crippen molar-refractivity contribution >= 4 is 18.0 Å². The van der Waals surface area contributed by atoms with E-state index in [-0.39, 0.29) is 25.0 Å². The molecule has 3 rings (SSSR count). The molecule has 0 aromatic heterocycles. The zero-order chi connectivity index (χ0) is 26.6. The number of alkyl carbamates (subject to hydrolysis) is 1. The number of esters is 1. The molecule has 2 aromatic rings. The van der Waals surface area contributed by atoms with Crippen LogP contribution in [0.1, 0.15) is 70.4 Å². The maximum Gasteiger partial charge on any atom is 0.409 e. The number of benzene rings is 2. The normalized spacial score (nSPS) is 15.1. The number of hydrogen-bond donors (Lipinski definition) is 1. The Morgan fingerprint density at radius 3 is 2.11 bits per heavy atom. The minimum absolute atomic E-state index is 0.109. The van der Waals surface area contributed by atoms with Crippen molar-refractivity contribution in [1.82, 2.24) is 10.2 Å². The third kappa shape index (κ3) is 9.23. The summed E-state index contributed by atoms with van der Waals surface area (Å²) in [7, 11) is 0. The number of carbonyl (C=O) groups is 3. The average molecular weight is 509 g/mol. The first-order valence-corrected chi connectivity index (χ1v) is 13.4. The molecule has 2 aromatic carbocycles. The van der Waals surface area contributed by atoms with Crippen LogP contribution in [0.15, 0.2) is 60.7 Å². The van der Waals surface area contributed by atoms with E-state index < -0.39 is 24.3 Å². The van der Waals surface area contributed by atoms with E-state index in [1.807, 2.05) is 60.7 Å². The number of hydrogen-bond acceptors (Lipinski definition) is 5. The zero-order valence-corrected chi connectivity index (χ0v) is 22.2. The van der Waals surface area contributed by atoms with Crippen molar-refractivity contribution in [3.05, 3.63) is 71.8 Å². The van der Waals surface area contributed by atoms with Gasteiger partial charge in [-0.2, -0.15) is 0 Å². The second kappa shape index (κ2) is 14.4. The minimum atomic E-state index is -0.868. The van der Waals surface area contributed by atoms with Gasteiger partial charge in [-0.05, 0) is 56.1 Å². The molecular weight excluding hydrogens is 468 g/mol. The number of carbonyl (C=O) groups excluding carboxylic acids is 3. The van der Waals surface area contributed by atoms with Crippen LogP contribution in [-0.2, 0) is 32.1 Å². The maximum absolute atomic E-state index is 13.5. The molecule has 0 radical (unpaired) electrons. The van der Waals surface area contributed by atoms with Crippen molar-refractivity contribution in [2.75, 3.05) is 0 Å². The molecule has 0 saturated heterocycles. The van der Waals surface area contributed by atoms with Gasteiger partial charge in [0.2, 0.25) is 5.91 Å². The monoisotopic (exact) mass is 508 g/mol. The van der Waals surface area contributed by atoms with Crippen molar-refractivity contribution in [3.8, 4) is 0 Å². The zero-order valence-electron chi connectivity index (χ0n) is 22.2. The fourth-order valence-corrected chi connectivity index (χ4v) is 4.59. The summed E-state index contributed by atoms with van der Waals surface area (Å²) in [6.45, 7) is 5.92. The number of amides is 2. The Morgan fingerprint density at radius 2 is 1.51 bits per heavy atom. The van der Waals surface area contributed by atoms with Crippen LogP contribution in [0.25, 0.3) is 0 Å². The Kier molecular flexibility index (Phi) is 11.0. The fourth-order valence-electron chi connectivity index (χ4n) is 4.59. The second-order valence-electron chi connectivity index (χ2n) is 10.2. The lowest BCUT2D eigenvalue weighted by molar-refractivity contribution is -0.161. The van der Waals surface area contributed by atoms with Crippen molar-refractivity contribution in [3.63, 3.8) is 0 Å². The third-order valence-electron chi connectivity index (χ3n) is 6.65. The van der Waals surface area contributed by atoms with E-state index in [9.17, 15) is 14.4 Å². The SMILES string of the molecule is CC(C)CCC(=O)N([C@H](C)NC(=O)OCc1ccccc1)[C@@H](Cc1ccccc1)C(=O)OC1CCCC1. The van der Waals surface area contributed by atoms with Crippen LogP contribution in [0, 0.1) is 5.92 Å². The summed E-state index contributed by atoms with van der Waals surface area (Å²) in [5.74, 6) is -0.309.